The first-order chi connectivity index (χ1) is 6.96. The summed E-state index contributed by atoms with van der Waals surface area (Å²) in [5.41, 5.74) is 0. The molecule has 0 amide bonds. The summed E-state index contributed by atoms with van der Waals surface area (Å²) in [4.78, 5) is 0. The summed E-state index contributed by atoms with van der Waals surface area (Å²) in [6.45, 7) is 6.15. The molecule has 0 radical (unpaired) electrons. The fourth-order valence-corrected chi connectivity index (χ4v) is 3.43. The van der Waals surface area contributed by atoms with Crippen molar-refractivity contribution in [1.29, 1.82) is 0 Å². The minimum Gasteiger partial charge on any atom is -0.317 e. The molecule has 0 bridgehead atoms. The van der Waals surface area contributed by atoms with Crippen molar-refractivity contribution in [1.82, 2.24) is 5.32 Å². The molecule has 3 nitrogen and oxygen atoms in total. The quantitative estimate of drug-likeness (QED) is 0.698. The molecular weight excluding hydrogens is 210 g/mol. The zero-order valence-electron chi connectivity index (χ0n) is 10.4. The molecule has 2 unspecified atom stereocenters. The van der Waals surface area contributed by atoms with Crippen LogP contribution in [0, 0.1) is 5.92 Å². The normalized spacial score (nSPS) is 16.3. The second kappa shape index (κ2) is 7.23. The molecule has 2 atom stereocenters. The summed E-state index contributed by atoms with van der Waals surface area (Å²) in [5.74, 6) is 1.09. The van der Waals surface area contributed by atoms with E-state index in [1.807, 2.05) is 14.0 Å². The van der Waals surface area contributed by atoms with Crippen LogP contribution in [0.25, 0.3) is 0 Å². The van der Waals surface area contributed by atoms with E-state index in [0.717, 1.165) is 19.3 Å². The van der Waals surface area contributed by atoms with Crippen LogP contribution >= 0.6 is 0 Å². The highest BCUT2D eigenvalue weighted by Crippen LogP contribution is 2.12. The Morgan fingerprint density at radius 3 is 2.20 bits per heavy atom. The van der Waals surface area contributed by atoms with E-state index >= 15 is 0 Å². The van der Waals surface area contributed by atoms with Gasteiger partial charge in [-0.3, -0.25) is 0 Å². The van der Waals surface area contributed by atoms with Crippen LogP contribution in [0.5, 0.6) is 0 Å². The molecule has 0 aliphatic heterocycles. The molecule has 0 heterocycles. The van der Waals surface area contributed by atoms with Crippen LogP contribution in [0.4, 0.5) is 0 Å². The first-order valence-corrected chi connectivity index (χ1v) is 7.66. The Bertz CT molecular complexity index is 245. The lowest BCUT2D eigenvalue weighted by atomic mass is 9.97. The molecule has 0 aromatic rings. The Morgan fingerprint density at radius 1 is 1.20 bits per heavy atom. The second-order valence-corrected chi connectivity index (χ2v) is 6.52. The van der Waals surface area contributed by atoms with Crippen LogP contribution in [0.1, 0.15) is 40.0 Å². The van der Waals surface area contributed by atoms with Crippen molar-refractivity contribution in [2.45, 2.75) is 46.1 Å². The third kappa shape index (κ3) is 6.15. The van der Waals surface area contributed by atoms with E-state index in [4.69, 9.17) is 0 Å². The summed E-state index contributed by atoms with van der Waals surface area (Å²) >= 11 is 0. The van der Waals surface area contributed by atoms with Gasteiger partial charge in [-0.25, -0.2) is 8.42 Å². The third-order valence-corrected chi connectivity index (χ3v) is 4.78. The number of rotatable bonds is 8. The summed E-state index contributed by atoms with van der Waals surface area (Å²) in [7, 11) is -0.869. The van der Waals surface area contributed by atoms with Crippen molar-refractivity contribution in [3.8, 4) is 0 Å². The predicted molar refractivity (Wildman–Crippen MR) is 65.9 cm³/mol. The zero-order chi connectivity index (χ0) is 11.9. The van der Waals surface area contributed by atoms with Crippen LogP contribution in [0.3, 0.4) is 0 Å². The number of sulfone groups is 1. The molecule has 92 valence electrons. The standard InChI is InChI=1S/C11H25NO2S/c1-5-8-15(13,14)9-7-10(3)11(6-2)12-4/h10-12H,5-9H2,1-4H3. The minimum atomic E-state index is -2.80. The van der Waals surface area contributed by atoms with Gasteiger partial charge in [-0.1, -0.05) is 20.8 Å². The summed E-state index contributed by atoms with van der Waals surface area (Å²) in [6, 6.07) is 0.432. The van der Waals surface area contributed by atoms with Gasteiger partial charge in [0.05, 0.1) is 5.75 Å². The van der Waals surface area contributed by atoms with E-state index in [2.05, 4.69) is 19.2 Å². The fraction of sp³-hybridized carbons (Fsp3) is 1.00. The largest absolute Gasteiger partial charge is 0.317 e. The van der Waals surface area contributed by atoms with Crippen molar-refractivity contribution in [2.24, 2.45) is 5.92 Å². The van der Waals surface area contributed by atoms with E-state index in [1.54, 1.807) is 0 Å². The Hall–Kier alpha value is -0.0900. The lowest BCUT2D eigenvalue weighted by molar-refractivity contribution is 0.379. The van der Waals surface area contributed by atoms with Gasteiger partial charge in [0.1, 0.15) is 9.84 Å². The SMILES string of the molecule is CCCS(=O)(=O)CCC(C)C(CC)NC. The molecule has 0 rings (SSSR count). The molecule has 1 N–H and O–H groups in total. The maximum atomic E-state index is 11.5. The molecule has 0 spiro atoms. The topological polar surface area (TPSA) is 46.2 Å². The number of hydrogen-bond donors (Lipinski definition) is 1. The average molecular weight is 235 g/mol. The maximum absolute atomic E-state index is 11.5. The summed E-state index contributed by atoms with van der Waals surface area (Å²) < 4.78 is 23.0. The lowest BCUT2D eigenvalue weighted by Crippen LogP contribution is -2.32. The molecule has 0 saturated carbocycles. The van der Waals surface area contributed by atoms with E-state index in [0.29, 0.717) is 23.5 Å². The number of hydrogen-bond acceptors (Lipinski definition) is 3. The monoisotopic (exact) mass is 235 g/mol. The van der Waals surface area contributed by atoms with Crippen LogP contribution in [-0.4, -0.2) is 33.0 Å². The van der Waals surface area contributed by atoms with Crippen LogP contribution < -0.4 is 5.32 Å². The predicted octanol–water partition coefficient (Wildman–Crippen LogP) is 1.84. The Balaban J connectivity index is 4.04. The van der Waals surface area contributed by atoms with Gasteiger partial charge < -0.3 is 5.32 Å². The van der Waals surface area contributed by atoms with Gasteiger partial charge >= 0.3 is 0 Å². The van der Waals surface area contributed by atoms with Crippen molar-refractivity contribution in [3.05, 3.63) is 0 Å². The molecule has 0 aliphatic carbocycles. The first kappa shape index (κ1) is 14.9. The molecule has 0 saturated heterocycles. The summed E-state index contributed by atoms with van der Waals surface area (Å²) in [6.07, 6.45) is 2.53. The summed E-state index contributed by atoms with van der Waals surface area (Å²) in [5, 5.41) is 3.22. The smallest absolute Gasteiger partial charge is 0.150 e. The molecule has 0 fully saturated rings. The van der Waals surface area contributed by atoms with Gasteiger partial charge in [0.15, 0.2) is 0 Å². The van der Waals surface area contributed by atoms with Crippen LogP contribution in [-0.2, 0) is 9.84 Å². The maximum Gasteiger partial charge on any atom is 0.150 e. The lowest BCUT2D eigenvalue weighted by Gasteiger charge is -2.21. The number of nitrogens with one attached hydrogen (secondary N) is 1. The first-order valence-electron chi connectivity index (χ1n) is 5.84. The third-order valence-electron chi connectivity index (χ3n) is 2.90. The van der Waals surface area contributed by atoms with E-state index in [1.165, 1.54) is 0 Å². The molecular formula is C11H25NO2S. The van der Waals surface area contributed by atoms with E-state index < -0.39 is 9.84 Å². The molecule has 0 aromatic heterocycles. The van der Waals surface area contributed by atoms with Crippen LogP contribution in [0.2, 0.25) is 0 Å². The highest BCUT2D eigenvalue weighted by Gasteiger charge is 2.17. The fourth-order valence-electron chi connectivity index (χ4n) is 1.87. The van der Waals surface area contributed by atoms with Crippen molar-refractivity contribution in [3.63, 3.8) is 0 Å². The van der Waals surface area contributed by atoms with Gasteiger partial charge in [-0.15, -0.1) is 0 Å². The molecule has 15 heavy (non-hydrogen) atoms. The zero-order valence-corrected chi connectivity index (χ0v) is 11.2. The molecule has 4 heteroatoms. The van der Waals surface area contributed by atoms with Crippen molar-refractivity contribution < 1.29 is 8.42 Å². The highest BCUT2D eigenvalue weighted by atomic mass is 32.2. The van der Waals surface area contributed by atoms with Gasteiger partial charge in [0, 0.05) is 11.8 Å². The van der Waals surface area contributed by atoms with Gasteiger partial charge in [-0.05, 0) is 32.2 Å². The van der Waals surface area contributed by atoms with Gasteiger partial charge in [-0.2, -0.15) is 0 Å². The average Bonchev–Trinajstić information content (AvgIpc) is 2.17. The van der Waals surface area contributed by atoms with Crippen LogP contribution in [0.15, 0.2) is 0 Å². The highest BCUT2D eigenvalue weighted by molar-refractivity contribution is 7.91. The van der Waals surface area contributed by atoms with E-state index in [-0.39, 0.29) is 0 Å². The van der Waals surface area contributed by atoms with Gasteiger partial charge in [0.25, 0.3) is 0 Å². The van der Waals surface area contributed by atoms with Crippen molar-refractivity contribution in [2.75, 3.05) is 18.6 Å². The van der Waals surface area contributed by atoms with E-state index in [9.17, 15) is 8.42 Å². The Labute approximate surface area is 94.6 Å². The van der Waals surface area contributed by atoms with Gasteiger partial charge in [0.2, 0.25) is 0 Å². The Kier molecular flexibility index (Phi) is 7.18. The minimum absolute atomic E-state index is 0.329. The molecule has 0 aromatic carbocycles. The second-order valence-electron chi connectivity index (χ2n) is 4.22. The van der Waals surface area contributed by atoms with Crippen molar-refractivity contribution >= 4 is 9.84 Å². The molecule has 0 aliphatic rings. The Morgan fingerprint density at radius 2 is 1.80 bits per heavy atom.